The van der Waals surface area contributed by atoms with Crippen LogP contribution in [0.2, 0.25) is 5.02 Å². The van der Waals surface area contributed by atoms with Gasteiger partial charge in [-0.1, -0.05) is 49.7 Å². The van der Waals surface area contributed by atoms with E-state index in [1.165, 1.54) is 6.07 Å². The molecule has 0 saturated carbocycles. The highest BCUT2D eigenvalue weighted by Crippen LogP contribution is 2.41. The molecule has 1 aliphatic heterocycles. The Hall–Kier alpha value is -2.57. The Labute approximate surface area is 169 Å². The zero-order valence-electron chi connectivity index (χ0n) is 15.9. The summed E-state index contributed by atoms with van der Waals surface area (Å²) in [5, 5.41) is 10.1. The van der Waals surface area contributed by atoms with Gasteiger partial charge in [-0.05, 0) is 36.6 Å². The Morgan fingerprint density at radius 1 is 1.29 bits per heavy atom. The Bertz CT molecular complexity index is 931. The lowest BCUT2D eigenvalue weighted by molar-refractivity contribution is -0.134. The molecule has 0 bridgehead atoms. The molecule has 3 atom stereocenters. The van der Waals surface area contributed by atoms with Crippen molar-refractivity contribution in [1.82, 2.24) is 0 Å². The minimum atomic E-state index is -1.16. The van der Waals surface area contributed by atoms with Gasteiger partial charge in [0.2, 0.25) is 11.7 Å². The first-order valence-corrected chi connectivity index (χ1v) is 9.61. The lowest BCUT2D eigenvalue weighted by Crippen LogP contribution is -2.49. The first-order chi connectivity index (χ1) is 13.3. The Morgan fingerprint density at radius 2 is 2.00 bits per heavy atom. The van der Waals surface area contributed by atoms with E-state index in [9.17, 15) is 9.90 Å². The molecule has 7 heteroatoms. The standard InChI is InChI=1S/C21H24ClN3O3/c1-3-17-19(27)21(4-2,13-7-5-6-8-14(13)22)25-20(28-17)18(24)12-9-10-16(26)15(23)11-12/h5-11,17-18,26H,3-4,23-24H2,1-2H3. The number of nitrogens with zero attached hydrogens (tertiary/aromatic N) is 1. The third-order valence-electron chi connectivity index (χ3n) is 5.14. The number of anilines is 1. The lowest BCUT2D eigenvalue weighted by Gasteiger charge is -2.38. The minimum Gasteiger partial charge on any atom is -0.506 e. The fourth-order valence-corrected chi connectivity index (χ4v) is 3.78. The SMILES string of the molecule is CCC1OC(C(N)c2ccc(O)c(N)c2)=NC(CC)(c2ccccc2Cl)C1=O. The van der Waals surface area contributed by atoms with Crippen LogP contribution in [-0.4, -0.2) is 22.9 Å². The average Bonchev–Trinajstić information content (AvgIpc) is 2.70. The number of Topliss-reactive ketones (excluding diaryl/α,β-unsaturated/α-hetero) is 1. The summed E-state index contributed by atoms with van der Waals surface area (Å²) in [6.45, 7) is 3.77. The van der Waals surface area contributed by atoms with Gasteiger partial charge in [0.25, 0.3) is 0 Å². The highest BCUT2D eigenvalue weighted by atomic mass is 35.5. The number of hydrogen-bond acceptors (Lipinski definition) is 6. The van der Waals surface area contributed by atoms with Crippen molar-refractivity contribution < 1.29 is 14.6 Å². The second-order valence-corrected chi connectivity index (χ2v) is 7.23. The van der Waals surface area contributed by atoms with Crippen LogP contribution < -0.4 is 11.5 Å². The van der Waals surface area contributed by atoms with Gasteiger partial charge in [0.05, 0.1) is 5.69 Å². The van der Waals surface area contributed by atoms with Crippen LogP contribution in [0.4, 0.5) is 5.69 Å². The van der Waals surface area contributed by atoms with E-state index in [0.29, 0.717) is 29.0 Å². The zero-order chi connectivity index (χ0) is 20.5. The monoisotopic (exact) mass is 401 g/mol. The van der Waals surface area contributed by atoms with Gasteiger partial charge >= 0.3 is 0 Å². The number of hydrogen-bond donors (Lipinski definition) is 3. The molecule has 6 nitrogen and oxygen atoms in total. The Morgan fingerprint density at radius 3 is 2.61 bits per heavy atom. The first-order valence-electron chi connectivity index (χ1n) is 9.23. The van der Waals surface area contributed by atoms with Crippen molar-refractivity contribution in [3.05, 3.63) is 58.6 Å². The van der Waals surface area contributed by atoms with Crippen molar-refractivity contribution in [2.24, 2.45) is 10.7 Å². The molecule has 2 aromatic carbocycles. The number of phenolic OH excluding ortho intramolecular Hbond substituents is 1. The highest BCUT2D eigenvalue weighted by molar-refractivity contribution is 6.32. The van der Waals surface area contributed by atoms with E-state index in [1.54, 1.807) is 18.2 Å². The molecule has 1 aliphatic rings. The largest absolute Gasteiger partial charge is 0.506 e. The van der Waals surface area contributed by atoms with Crippen molar-refractivity contribution >= 4 is 29.0 Å². The Balaban J connectivity index is 2.14. The molecule has 3 rings (SSSR count). The van der Waals surface area contributed by atoms with Crippen molar-refractivity contribution in [2.45, 2.75) is 44.4 Å². The number of rotatable bonds is 5. The van der Waals surface area contributed by atoms with Gasteiger partial charge in [0, 0.05) is 10.6 Å². The molecule has 0 fully saturated rings. The molecule has 0 aromatic heterocycles. The number of phenols is 1. The van der Waals surface area contributed by atoms with Crippen molar-refractivity contribution in [2.75, 3.05) is 5.73 Å². The van der Waals surface area contributed by atoms with Crippen molar-refractivity contribution in [3.63, 3.8) is 0 Å². The number of halogens is 1. The van der Waals surface area contributed by atoms with Crippen molar-refractivity contribution in [3.8, 4) is 5.75 Å². The molecule has 0 spiro atoms. The van der Waals surface area contributed by atoms with Crippen molar-refractivity contribution in [1.29, 1.82) is 0 Å². The number of aromatic hydroxyl groups is 1. The van der Waals surface area contributed by atoms with E-state index in [4.69, 9.17) is 32.8 Å². The quantitative estimate of drug-likeness (QED) is 0.522. The summed E-state index contributed by atoms with van der Waals surface area (Å²) in [5.74, 6) is 0.0908. The number of ether oxygens (including phenoxy) is 1. The number of benzene rings is 2. The second kappa shape index (κ2) is 7.81. The maximum Gasteiger partial charge on any atom is 0.207 e. The molecule has 28 heavy (non-hydrogen) atoms. The van der Waals surface area contributed by atoms with Crippen LogP contribution in [0.5, 0.6) is 5.75 Å². The number of ketones is 1. The predicted octanol–water partition coefficient (Wildman–Crippen LogP) is 3.71. The van der Waals surface area contributed by atoms with Gasteiger partial charge in [-0.25, -0.2) is 4.99 Å². The third kappa shape index (κ3) is 3.34. The van der Waals surface area contributed by atoms with Gasteiger partial charge in [-0.2, -0.15) is 0 Å². The topological polar surface area (TPSA) is 111 Å². The molecule has 148 valence electrons. The summed E-state index contributed by atoms with van der Waals surface area (Å²) in [4.78, 5) is 18.0. The molecule has 1 heterocycles. The highest BCUT2D eigenvalue weighted by Gasteiger charge is 2.48. The van der Waals surface area contributed by atoms with Crippen LogP contribution in [0.25, 0.3) is 0 Å². The predicted molar refractivity (Wildman–Crippen MR) is 110 cm³/mol. The number of nitrogens with two attached hydrogens (primary N) is 2. The minimum absolute atomic E-state index is 0.0250. The van der Waals surface area contributed by atoms with Gasteiger partial charge < -0.3 is 21.3 Å². The summed E-state index contributed by atoms with van der Waals surface area (Å²) in [5.41, 5.74) is 12.5. The summed E-state index contributed by atoms with van der Waals surface area (Å²) >= 11 is 6.43. The molecular formula is C21H24ClN3O3. The second-order valence-electron chi connectivity index (χ2n) is 6.82. The molecular weight excluding hydrogens is 378 g/mol. The van der Waals surface area contributed by atoms with Crippen LogP contribution in [0, 0.1) is 0 Å². The van der Waals surface area contributed by atoms with E-state index < -0.39 is 17.7 Å². The fourth-order valence-electron chi connectivity index (χ4n) is 3.49. The number of carbonyl (C=O) groups excluding carboxylic acids is 1. The van der Waals surface area contributed by atoms with E-state index >= 15 is 0 Å². The van der Waals surface area contributed by atoms with Crippen LogP contribution in [-0.2, 0) is 15.1 Å². The summed E-state index contributed by atoms with van der Waals surface area (Å²) in [7, 11) is 0. The van der Waals surface area contributed by atoms with E-state index in [-0.39, 0.29) is 23.1 Å². The fraction of sp³-hybridized carbons (Fsp3) is 0.333. The molecule has 3 unspecified atom stereocenters. The van der Waals surface area contributed by atoms with Gasteiger partial charge in [0.15, 0.2) is 11.6 Å². The van der Waals surface area contributed by atoms with Gasteiger partial charge in [-0.15, -0.1) is 0 Å². The molecule has 0 radical (unpaired) electrons. The van der Waals surface area contributed by atoms with Gasteiger partial charge in [-0.3, -0.25) is 4.79 Å². The molecule has 0 saturated heterocycles. The number of aliphatic imine (C=N–C) groups is 1. The molecule has 5 N–H and O–H groups in total. The summed E-state index contributed by atoms with van der Waals surface area (Å²) in [6.07, 6.45) is 0.224. The maximum atomic E-state index is 13.3. The first kappa shape index (κ1) is 20.2. The van der Waals surface area contributed by atoms with E-state index in [1.807, 2.05) is 32.0 Å². The Kier molecular flexibility index (Phi) is 5.63. The molecule has 0 aliphatic carbocycles. The maximum absolute atomic E-state index is 13.3. The average molecular weight is 402 g/mol. The van der Waals surface area contributed by atoms with Crippen LogP contribution in [0.15, 0.2) is 47.5 Å². The number of carbonyl (C=O) groups is 1. The summed E-state index contributed by atoms with van der Waals surface area (Å²) in [6, 6.07) is 11.2. The summed E-state index contributed by atoms with van der Waals surface area (Å²) < 4.78 is 5.88. The van der Waals surface area contributed by atoms with Gasteiger partial charge in [0.1, 0.15) is 11.8 Å². The zero-order valence-corrected chi connectivity index (χ0v) is 16.6. The molecule has 2 aromatic rings. The van der Waals surface area contributed by atoms with E-state index in [2.05, 4.69) is 0 Å². The smallest absolute Gasteiger partial charge is 0.207 e. The molecule has 0 amide bonds. The number of nitrogen functional groups attached to an aromatic ring is 1. The van der Waals surface area contributed by atoms with Crippen LogP contribution in [0.3, 0.4) is 0 Å². The van der Waals surface area contributed by atoms with Crippen LogP contribution in [0.1, 0.15) is 43.9 Å². The van der Waals surface area contributed by atoms with E-state index in [0.717, 1.165) is 0 Å². The normalized spacial score (nSPS) is 23.1. The third-order valence-corrected chi connectivity index (χ3v) is 5.47. The van der Waals surface area contributed by atoms with Crippen LogP contribution >= 0.6 is 11.6 Å². The lowest BCUT2D eigenvalue weighted by atomic mass is 9.80.